The largest absolute Gasteiger partial charge is 0.368 e. The van der Waals surface area contributed by atoms with E-state index in [9.17, 15) is 9.59 Å². The van der Waals surface area contributed by atoms with Crippen molar-refractivity contribution in [3.05, 3.63) is 106 Å². The smallest absolute Gasteiger partial charge is 0.263 e. The van der Waals surface area contributed by atoms with Crippen LogP contribution in [0.15, 0.2) is 78.9 Å². The van der Waals surface area contributed by atoms with Gasteiger partial charge in [0.2, 0.25) is 0 Å². The molecule has 172 valence electrons. The monoisotopic (exact) mass is 471 g/mol. The number of benzene rings is 3. The SMILES string of the molecule is O=C1c2cccc(N3CCN(CC=Cc4ccccc4)CC3)c2C(=O)N1Cc1cccc(Cl)c1. The topological polar surface area (TPSA) is 43.9 Å². The fraction of sp³-hybridized carbons (Fsp3) is 0.214. The lowest BCUT2D eigenvalue weighted by atomic mass is 10.1. The van der Waals surface area contributed by atoms with Gasteiger partial charge in [0, 0.05) is 37.7 Å². The van der Waals surface area contributed by atoms with Gasteiger partial charge in [-0.3, -0.25) is 19.4 Å². The highest BCUT2D eigenvalue weighted by molar-refractivity contribution is 6.30. The lowest BCUT2D eigenvalue weighted by molar-refractivity contribution is 0.0642. The zero-order chi connectivity index (χ0) is 23.5. The van der Waals surface area contributed by atoms with Crippen LogP contribution < -0.4 is 4.90 Å². The summed E-state index contributed by atoms with van der Waals surface area (Å²) < 4.78 is 0. The van der Waals surface area contributed by atoms with Crippen molar-refractivity contribution in [2.24, 2.45) is 0 Å². The van der Waals surface area contributed by atoms with Gasteiger partial charge in [0.25, 0.3) is 11.8 Å². The van der Waals surface area contributed by atoms with E-state index in [1.807, 2.05) is 42.5 Å². The summed E-state index contributed by atoms with van der Waals surface area (Å²) >= 11 is 6.09. The van der Waals surface area contributed by atoms with Gasteiger partial charge in [-0.15, -0.1) is 0 Å². The van der Waals surface area contributed by atoms with Crippen LogP contribution in [0, 0.1) is 0 Å². The van der Waals surface area contributed by atoms with Crippen molar-refractivity contribution in [3.63, 3.8) is 0 Å². The van der Waals surface area contributed by atoms with Crippen LogP contribution in [0.4, 0.5) is 5.69 Å². The number of nitrogens with zero attached hydrogens (tertiary/aromatic N) is 3. The second kappa shape index (κ2) is 9.84. The zero-order valence-electron chi connectivity index (χ0n) is 18.9. The van der Waals surface area contributed by atoms with Crippen LogP contribution in [0.25, 0.3) is 6.08 Å². The van der Waals surface area contributed by atoms with Crippen molar-refractivity contribution >= 4 is 35.2 Å². The molecular formula is C28H26ClN3O2. The molecule has 0 radical (unpaired) electrons. The number of carbonyl (C=O) groups excluding carboxylic acids is 2. The normalized spacial score (nSPS) is 16.5. The molecule has 1 fully saturated rings. The van der Waals surface area contributed by atoms with Gasteiger partial charge in [0.1, 0.15) is 0 Å². The van der Waals surface area contributed by atoms with Gasteiger partial charge in [-0.1, -0.05) is 72.3 Å². The summed E-state index contributed by atoms with van der Waals surface area (Å²) in [6.07, 6.45) is 4.34. The number of carbonyl (C=O) groups is 2. The van der Waals surface area contributed by atoms with Crippen molar-refractivity contribution in [1.29, 1.82) is 0 Å². The maximum absolute atomic E-state index is 13.3. The lowest BCUT2D eigenvalue weighted by Crippen LogP contribution is -2.46. The Morgan fingerprint density at radius 3 is 2.35 bits per heavy atom. The van der Waals surface area contributed by atoms with E-state index < -0.39 is 0 Å². The molecule has 2 aliphatic heterocycles. The first-order chi connectivity index (χ1) is 16.6. The average Bonchev–Trinajstić information content (AvgIpc) is 3.10. The highest BCUT2D eigenvalue weighted by Crippen LogP contribution is 2.33. The summed E-state index contributed by atoms with van der Waals surface area (Å²) in [6.45, 7) is 4.53. The van der Waals surface area contributed by atoms with Crippen LogP contribution >= 0.6 is 11.6 Å². The molecule has 0 aromatic heterocycles. The third-order valence-electron chi connectivity index (χ3n) is 6.39. The van der Waals surface area contributed by atoms with Gasteiger partial charge in [-0.2, -0.15) is 0 Å². The predicted molar refractivity (Wildman–Crippen MR) is 136 cm³/mol. The van der Waals surface area contributed by atoms with E-state index in [-0.39, 0.29) is 18.4 Å². The number of anilines is 1. The minimum absolute atomic E-state index is 0.216. The molecule has 5 rings (SSSR count). The Bertz CT molecular complexity index is 1230. The summed E-state index contributed by atoms with van der Waals surface area (Å²) in [5.41, 5.74) is 3.89. The lowest BCUT2D eigenvalue weighted by Gasteiger charge is -2.36. The number of fused-ring (bicyclic) bond motifs is 1. The molecule has 0 spiro atoms. The van der Waals surface area contributed by atoms with Crippen LogP contribution in [0.5, 0.6) is 0 Å². The fourth-order valence-electron chi connectivity index (χ4n) is 4.61. The van der Waals surface area contributed by atoms with Crippen molar-refractivity contribution < 1.29 is 9.59 Å². The van der Waals surface area contributed by atoms with E-state index in [2.05, 4.69) is 34.1 Å². The number of halogens is 1. The first-order valence-electron chi connectivity index (χ1n) is 11.5. The molecule has 6 heteroatoms. The maximum atomic E-state index is 13.3. The number of hydrogen-bond donors (Lipinski definition) is 0. The van der Waals surface area contributed by atoms with Gasteiger partial charge in [-0.25, -0.2) is 0 Å². The van der Waals surface area contributed by atoms with Crippen molar-refractivity contribution in [1.82, 2.24) is 9.80 Å². The molecule has 0 aliphatic carbocycles. The van der Waals surface area contributed by atoms with E-state index in [0.29, 0.717) is 16.1 Å². The summed E-state index contributed by atoms with van der Waals surface area (Å²) in [5.74, 6) is -0.477. The van der Waals surface area contributed by atoms with Crippen LogP contribution in [0.3, 0.4) is 0 Å². The fourth-order valence-corrected chi connectivity index (χ4v) is 4.83. The Morgan fingerprint density at radius 2 is 1.59 bits per heavy atom. The third-order valence-corrected chi connectivity index (χ3v) is 6.63. The molecule has 0 bridgehead atoms. The zero-order valence-corrected chi connectivity index (χ0v) is 19.6. The van der Waals surface area contributed by atoms with Crippen LogP contribution in [0.1, 0.15) is 31.8 Å². The number of rotatable bonds is 6. The quantitative estimate of drug-likeness (QED) is 0.476. The van der Waals surface area contributed by atoms with Gasteiger partial charge in [0.05, 0.1) is 23.4 Å². The summed E-state index contributed by atoms with van der Waals surface area (Å²) in [5, 5.41) is 0.589. The van der Waals surface area contributed by atoms with Gasteiger partial charge >= 0.3 is 0 Å². The Labute approximate surface area is 204 Å². The Balaban J connectivity index is 1.26. The molecule has 2 heterocycles. The van der Waals surface area contributed by atoms with Gasteiger partial charge in [0.15, 0.2) is 0 Å². The minimum atomic E-state index is -0.244. The molecule has 34 heavy (non-hydrogen) atoms. The van der Waals surface area contributed by atoms with E-state index in [1.54, 1.807) is 18.2 Å². The standard InChI is InChI=1S/C28H26ClN3O2/c29-23-11-4-9-22(19-23)20-32-27(33)24-12-5-13-25(26(24)28(32)34)31-17-15-30(16-18-31)14-6-10-21-7-2-1-3-8-21/h1-13,19H,14-18,20H2. The van der Waals surface area contributed by atoms with Crippen LogP contribution in [-0.2, 0) is 6.54 Å². The molecule has 2 aliphatic rings. The van der Waals surface area contributed by atoms with Crippen molar-refractivity contribution in [3.8, 4) is 0 Å². The first-order valence-corrected chi connectivity index (χ1v) is 11.9. The van der Waals surface area contributed by atoms with Crippen LogP contribution in [0.2, 0.25) is 5.02 Å². The van der Waals surface area contributed by atoms with Crippen molar-refractivity contribution in [2.75, 3.05) is 37.6 Å². The second-order valence-corrected chi connectivity index (χ2v) is 9.06. The van der Waals surface area contributed by atoms with E-state index in [4.69, 9.17) is 11.6 Å². The molecule has 3 aromatic rings. The molecule has 0 unspecified atom stereocenters. The predicted octanol–water partition coefficient (Wildman–Crippen LogP) is 4.97. The molecule has 2 amide bonds. The Morgan fingerprint density at radius 1 is 0.824 bits per heavy atom. The molecule has 0 N–H and O–H groups in total. The van der Waals surface area contributed by atoms with E-state index in [0.717, 1.165) is 44.0 Å². The minimum Gasteiger partial charge on any atom is -0.368 e. The maximum Gasteiger partial charge on any atom is 0.263 e. The number of piperazine rings is 1. The van der Waals surface area contributed by atoms with E-state index >= 15 is 0 Å². The second-order valence-electron chi connectivity index (χ2n) is 8.63. The summed E-state index contributed by atoms with van der Waals surface area (Å²) in [7, 11) is 0. The molecule has 1 saturated heterocycles. The first kappa shape index (κ1) is 22.4. The highest BCUT2D eigenvalue weighted by Gasteiger charge is 2.38. The number of hydrogen-bond acceptors (Lipinski definition) is 4. The van der Waals surface area contributed by atoms with Crippen LogP contribution in [-0.4, -0.2) is 54.3 Å². The summed E-state index contributed by atoms with van der Waals surface area (Å²) in [4.78, 5) is 32.3. The molecule has 0 saturated carbocycles. The van der Waals surface area contributed by atoms with Gasteiger partial charge in [-0.05, 0) is 35.4 Å². The average molecular weight is 472 g/mol. The van der Waals surface area contributed by atoms with E-state index in [1.165, 1.54) is 10.5 Å². The third kappa shape index (κ3) is 4.63. The molecular weight excluding hydrogens is 446 g/mol. The molecule has 0 atom stereocenters. The summed E-state index contributed by atoms with van der Waals surface area (Å²) in [6, 6.07) is 23.1. The van der Waals surface area contributed by atoms with Gasteiger partial charge < -0.3 is 4.90 Å². The number of imide groups is 1. The molecule has 5 nitrogen and oxygen atoms in total. The highest BCUT2D eigenvalue weighted by atomic mass is 35.5. The van der Waals surface area contributed by atoms with Crippen molar-refractivity contribution in [2.45, 2.75) is 6.54 Å². The molecule has 3 aromatic carbocycles. The Kier molecular flexibility index (Phi) is 6.48. The Hall–Kier alpha value is -3.41. The number of amides is 2.